The molecule has 19 heavy (non-hydrogen) atoms. The van der Waals surface area contributed by atoms with Crippen LogP contribution < -0.4 is 0 Å². The van der Waals surface area contributed by atoms with Crippen LogP contribution in [0.4, 0.5) is 4.39 Å². The summed E-state index contributed by atoms with van der Waals surface area (Å²) in [6.45, 7) is 1.34. The van der Waals surface area contributed by atoms with Gasteiger partial charge < -0.3 is 9.30 Å². The van der Waals surface area contributed by atoms with E-state index in [9.17, 15) is 4.39 Å². The van der Waals surface area contributed by atoms with E-state index in [1.54, 1.807) is 12.4 Å². The molecule has 1 atom stereocenters. The van der Waals surface area contributed by atoms with Crippen LogP contribution in [0, 0.1) is 11.7 Å². The quantitative estimate of drug-likeness (QED) is 0.870. The number of aromatic nitrogens is 3. The Morgan fingerprint density at radius 3 is 2.74 bits per heavy atom. The van der Waals surface area contributed by atoms with E-state index in [4.69, 9.17) is 4.74 Å². The van der Waals surface area contributed by atoms with Crippen LogP contribution in [0.2, 0.25) is 0 Å². The summed E-state index contributed by atoms with van der Waals surface area (Å²) in [7, 11) is 1.90. The second-order valence-electron chi connectivity index (χ2n) is 4.78. The normalized spacial score (nSPS) is 17.2. The fourth-order valence-electron chi connectivity index (χ4n) is 2.41. The Kier molecular flexibility index (Phi) is 3.36. The molecule has 1 saturated heterocycles. The molecule has 1 fully saturated rings. The average molecular weight is 326 g/mol. The number of aryl methyl sites for hydroxylation is 1. The molecule has 3 rings (SSSR count). The zero-order valence-electron chi connectivity index (χ0n) is 10.4. The molecule has 0 N–H and O–H groups in total. The Morgan fingerprint density at radius 1 is 1.42 bits per heavy atom. The first kappa shape index (κ1) is 12.7. The number of halogens is 2. The van der Waals surface area contributed by atoms with Gasteiger partial charge in [0.25, 0.3) is 0 Å². The van der Waals surface area contributed by atoms with Gasteiger partial charge in [-0.2, -0.15) is 0 Å². The number of nitrogens with zero attached hydrogens (tertiary/aromatic N) is 3. The lowest BCUT2D eigenvalue weighted by Crippen LogP contribution is -2.35. The average Bonchev–Trinajstić information content (AvgIpc) is 2.68. The first-order chi connectivity index (χ1) is 9.15. The molecular weight excluding hydrogens is 313 g/mol. The SMILES string of the molecule is Cn1cnnc1C(c1cc(F)cc(Br)c1)C1COC1. The molecule has 1 aromatic heterocycles. The lowest BCUT2D eigenvalue weighted by Gasteiger charge is -2.33. The van der Waals surface area contributed by atoms with Crippen molar-refractivity contribution in [2.75, 3.05) is 13.2 Å². The summed E-state index contributed by atoms with van der Waals surface area (Å²) in [5, 5.41) is 8.09. The molecule has 0 saturated carbocycles. The number of hydrogen-bond acceptors (Lipinski definition) is 3. The molecule has 0 spiro atoms. The lowest BCUT2D eigenvalue weighted by molar-refractivity contribution is -0.0407. The molecule has 0 bridgehead atoms. The standard InChI is InChI=1S/C13H13BrFN3O/c1-18-7-16-17-13(18)12(9-5-19-6-9)8-2-10(14)4-11(15)3-8/h2-4,7,9,12H,5-6H2,1H3. The van der Waals surface area contributed by atoms with Gasteiger partial charge in [-0.15, -0.1) is 10.2 Å². The predicted molar refractivity (Wildman–Crippen MR) is 71.3 cm³/mol. The van der Waals surface area contributed by atoms with Crippen molar-refractivity contribution < 1.29 is 9.13 Å². The predicted octanol–water partition coefficient (Wildman–Crippen LogP) is 2.50. The Labute approximate surface area is 118 Å². The Balaban J connectivity index is 2.06. The molecular formula is C13H13BrFN3O. The van der Waals surface area contributed by atoms with Crippen molar-refractivity contribution in [2.45, 2.75) is 5.92 Å². The highest BCUT2D eigenvalue weighted by molar-refractivity contribution is 9.10. The maximum Gasteiger partial charge on any atom is 0.140 e. The highest BCUT2D eigenvalue weighted by Crippen LogP contribution is 2.36. The van der Waals surface area contributed by atoms with Gasteiger partial charge in [-0.05, 0) is 23.8 Å². The Morgan fingerprint density at radius 2 is 2.21 bits per heavy atom. The van der Waals surface area contributed by atoms with Gasteiger partial charge in [0.1, 0.15) is 18.0 Å². The maximum absolute atomic E-state index is 13.6. The number of benzene rings is 1. The van der Waals surface area contributed by atoms with Crippen LogP contribution in [0.25, 0.3) is 0 Å². The zero-order chi connectivity index (χ0) is 13.4. The van der Waals surface area contributed by atoms with Crippen molar-refractivity contribution in [3.8, 4) is 0 Å². The van der Waals surface area contributed by atoms with E-state index in [0.29, 0.717) is 19.1 Å². The molecule has 2 aromatic rings. The van der Waals surface area contributed by atoms with Gasteiger partial charge in [0, 0.05) is 17.4 Å². The van der Waals surface area contributed by atoms with Crippen molar-refractivity contribution in [3.63, 3.8) is 0 Å². The van der Waals surface area contributed by atoms with Gasteiger partial charge in [0.05, 0.1) is 19.1 Å². The summed E-state index contributed by atoms with van der Waals surface area (Å²) >= 11 is 3.34. The van der Waals surface area contributed by atoms with E-state index >= 15 is 0 Å². The van der Waals surface area contributed by atoms with Gasteiger partial charge in [0.2, 0.25) is 0 Å². The molecule has 4 nitrogen and oxygen atoms in total. The van der Waals surface area contributed by atoms with Gasteiger partial charge in [-0.3, -0.25) is 0 Å². The topological polar surface area (TPSA) is 39.9 Å². The highest BCUT2D eigenvalue weighted by atomic mass is 79.9. The Bertz CT molecular complexity index is 577. The second kappa shape index (κ2) is 5.02. The number of rotatable bonds is 3. The summed E-state index contributed by atoms with van der Waals surface area (Å²) in [5.74, 6) is 0.910. The van der Waals surface area contributed by atoms with Crippen molar-refractivity contribution >= 4 is 15.9 Å². The third kappa shape index (κ3) is 2.42. The van der Waals surface area contributed by atoms with E-state index in [2.05, 4.69) is 26.1 Å². The van der Waals surface area contributed by atoms with E-state index in [1.807, 2.05) is 17.7 Å². The maximum atomic E-state index is 13.6. The van der Waals surface area contributed by atoms with E-state index in [-0.39, 0.29) is 11.7 Å². The van der Waals surface area contributed by atoms with Crippen LogP contribution in [-0.2, 0) is 11.8 Å². The minimum absolute atomic E-state index is 0.00764. The van der Waals surface area contributed by atoms with Crippen molar-refractivity contribution in [2.24, 2.45) is 13.0 Å². The summed E-state index contributed by atoms with van der Waals surface area (Å²) in [6.07, 6.45) is 1.66. The zero-order valence-corrected chi connectivity index (χ0v) is 12.0. The minimum atomic E-state index is -0.253. The number of hydrogen-bond donors (Lipinski definition) is 0. The summed E-state index contributed by atoms with van der Waals surface area (Å²) in [4.78, 5) is 0. The molecule has 6 heteroatoms. The van der Waals surface area contributed by atoms with Crippen LogP contribution in [-0.4, -0.2) is 28.0 Å². The van der Waals surface area contributed by atoms with Crippen LogP contribution in [0.5, 0.6) is 0 Å². The van der Waals surface area contributed by atoms with Crippen LogP contribution in [0.15, 0.2) is 29.0 Å². The number of ether oxygens (including phenoxy) is 1. The molecule has 1 aliphatic heterocycles. The fraction of sp³-hybridized carbons (Fsp3) is 0.385. The monoisotopic (exact) mass is 325 g/mol. The lowest BCUT2D eigenvalue weighted by atomic mass is 9.84. The van der Waals surface area contributed by atoms with Gasteiger partial charge >= 0.3 is 0 Å². The molecule has 1 unspecified atom stereocenters. The molecule has 2 heterocycles. The largest absolute Gasteiger partial charge is 0.381 e. The van der Waals surface area contributed by atoms with Gasteiger partial charge in [0.15, 0.2) is 0 Å². The molecule has 1 aliphatic rings. The fourth-order valence-corrected chi connectivity index (χ4v) is 2.89. The second-order valence-corrected chi connectivity index (χ2v) is 5.69. The van der Waals surface area contributed by atoms with Gasteiger partial charge in [-0.25, -0.2) is 4.39 Å². The van der Waals surface area contributed by atoms with E-state index in [0.717, 1.165) is 15.9 Å². The van der Waals surface area contributed by atoms with Crippen molar-refractivity contribution in [1.29, 1.82) is 0 Å². The summed E-state index contributed by atoms with van der Waals surface area (Å²) in [6, 6.07) is 4.94. The van der Waals surface area contributed by atoms with E-state index < -0.39 is 0 Å². The van der Waals surface area contributed by atoms with Crippen molar-refractivity contribution in [3.05, 3.63) is 46.2 Å². The van der Waals surface area contributed by atoms with Crippen LogP contribution in [0.1, 0.15) is 17.3 Å². The van der Waals surface area contributed by atoms with E-state index in [1.165, 1.54) is 6.07 Å². The third-order valence-corrected chi connectivity index (χ3v) is 3.86. The minimum Gasteiger partial charge on any atom is -0.381 e. The van der Waals surface area contributed by atoms with Crippen LogP contribution in [0.3, 0.4) is 0 Å². The summed E-state index contributed by atoms with van der Waals surface area (Å²) < 4.78 is 21.5. The highest BCUT2D eigenvalue weighted by Gasteiger charge is 2.34. The molecule has 1 aromatic carbocycles. The van der Waals surface area contributed by atoms with Crippen molar-refractivity contribution in [1.82, 2.24) is 14.8 Å². The third-order valence-electron chi connectivity index (χ3n) is 3.40. The van der Waals surface area contributed by atoms with Gasteiger partial charge in [-0.1, -0.05) is 15.9 Å². The first-order valence-electron chi connectivity index (χ1n) is 6.03. The molecule has 100 valence electrons. The smallest absolute Gasteiger partial charge is 0.140 e. The van der Waals surface area contributed by atoms with Crippen LogP contribution >= 0.6 is 15.9 Å². The first-order valence-corrected chi connectivity index (χ1v) is 6.82. The molecule has 0 aliphatic carbocycles. The molecule has 0 amide bonds. The molecule has 0 radical (unpaired) electrons. The summed E-state index contributed by atoms with van der Waals surface area (Å²) in [5.41, 5.74) is 0.899. The Hall–Kier alpha value is -1.27.